The van der Waals surface area contributed by atoms with Crippen molar-refractivity contribution in [3.8, 4) is 17.4 Å². The predicted molar refractivity (Wildman–Crippen MR) is 114 cm³/mol. The summed E-state index contributed by atoms with van der Waals surface area (Å²) in [5, 5.41) is 4.52. The number of thiazole rings is 1. The molecule has 0 bridgehead atoms. The van der Waals surface area contributed by atoms with Crippen molar-refractivity contribution >= 4 is 49.8 Å². The SMILES string of the molecule is COC(=O)c1c(OCc2ncc(Br)s2)nsc1NCc1ccc(OC)cc1OC. The zero-order chi connectivity index (χ0) is 20.8. The number of esters is 1. The van der Waals surface area contributed by atoms with E-state index in [1.54, 1.807) is 26.5 Å². The molecule has 0 spiro atoms. The lowest BCUT2D eigenvalue weighted by molar-refractivity contribution is 0.0596. The van der Waals surface area contributed by atoms with Crippen molar-refractivity contribution in [1.82, 2.24) is 9.36 Å². The highest BCUT2D eigenvalue weighted by Crippen LogP contribution is 2.33. The molecule has 0 unspecified atom stereocenters. The molecule has 0 saturated heterocycles. The normalized spacial score (nSPS) is 10.5. The zero-order valence-electron chi connectivity index (χ0n) is 15.9. The van der Waals surface area contributed by atoms with E-state index in [1.165, 1.54) is 18.4 Å². The van der Waals surface area contributed by atoms with Crippen LogP contribution in [0.5, 0.6) is 17.4 Å². The first kappa shape index (κ1) is 21.3. The van der Waals surface area contributed by atoms with Crippen LogP contribution in [0, 0.1) is 0 Å². The Morgan fingerprint density at radius 1 is 1.24 bits per heavy atom. The second-order valence-electron chi connectivity index (χ2n) is 5.56. The summed E-state index contributed by atoms with van der Waals surface area (Å²) < 4.78 is 26.4. The third-order valence-electron chi connectivity index (χ3n) is 3.84. The smallest absolute Gasteiger partial charge is 0.346 e. The molecule has 1 aromatic carbocycles. The molecule has 2 heterocycles. The second-order valence-corrected chi connectivity index (χ2v) is 8.83. The number of anilines is 1. The van der Waals surface area contributed by atoms with Crippen molar-refractivity contribution in [3.05, 3.63) is 44.3 Å². The van der Waals surface area contributed by atoms with Crippen LogP contribution >= 0.6 is 38.8 Å². The summed E-state index contributed by atoms with van der Waals surface area (Å²) in [7, 11) is 4.50. The first-order valence-corrected chi connectivity index (χ1v) is 10.7. The minimum Gasteiger partial charge on any atom is -0.497 e. The number of rotatable bonds is 9. The molecule has 0 aliphatic heterocycles. The number of benzene rings is 1. The Kier molecular flexibility index (Phi) is 7.29. The van der Waals surface area contributed by atoms with Crippen molar-refractivity contribution in [2.45, 2.75) is 13.2 Å². The topological polar surface area (TPSA) is 91.8 Å². The molecular formula is C18H18BrN3O5S2. The van der Waals surface area contributed by atoms with Crippen LogP contribution < -0.4 is 19.5 Å². The maximum atomic E-state index is 12.3. The molecule has 1 N–H and O–H groups in total. The van der Waals surface area contributed by atoms with Gasteiger partial charge in [-0.15, -0.1) is 11.3 Å². The van der Waals surface area contributed by atoms with Crippen LogP contribution in [0.3, 0.4) is 0 Å². The standard InChI is InChI=1S/C18H18BrN3O5S2/c1-24-11-5-4-10(12(6-11)25-2)7-21-17-15(18(23)26-3)16(22-29-17)27-9-14-20-8-13(19)28-14/h4-6,8,21H,7,9H2,1-3H3. The van der Waals surface area contributed by atoms with Gasteiger partial charge < -0.3 is 24.3 Å². The van der Waals surface area contributed by atoms with Crippen molar-refractivity contribution in [1.29, 1.82) is 0 Å². The molecule has 154 valence electrons. The van der Waals surface area contributed by atoms with Crippen molar-refractivity contribution in [2.24, 2.45) is 0 Å². The first-order valence-electron chi connectivity index (χ1n) is 8.31. The maximum Gasteiger partial charge on any atom is 0.346 e. The van der Waals surface area contributed by atoms with Crippen molar-refractivity contribution in [3.63, 3.8) is 0 Å². The molecule has 0 saturated carbocycles. The van der Waals surface area contributed by atoms with E-state index in [0.717, 1.165) is 25.9 Å². The molecule has 0 radical (unpaired) electrons. The number of carbonyl (C=O) groups excluding carboxylic acids is 1. The molecule has 0 aliphatic carbocycles. The summed E-state index contributed by atoms with van der Waals surface area (Å²) in [6.45, 7) is 0.619. The van der Waals surface area contributed by atoms with E-state index in [1.807, 2.05) is 12.1 Å². The third-order valence-corrected chi connectivity index (χ3v) is 6.08. The summed E-state index contributed by atoms with van der Waals surface area (Å²) in [5.74, 6) is 1.05. The Hall–Kier alpha value is -2.37. The van der Waals surface area contributed by atoms with Crippen LogP contribution in [0.1, 0.15) is 20.9 Å². The van der Waals surface area contributed by atoms with Crippen LogP contribution in [-0.4, -0.2) is 36.7 Å². The fourth-order valence-corrected chi connectivity index (χ4v) is 4.37. The number of nitrogens with one attached hydrogen (secondary N) is 1. The van der Waals surface area contributed by atoms with Gasteiger partial charge in [-0.1, -0.05) is 0 Å². The lowest BCUT2D eigenvalue weighted by Crippen LogP contribution is -2.08. The van der Waals surface area contributed by atoms with Gasteiger partial charge in [0.15, 0.2) is 5.56 Å². The van der Waals surface area contributed by atoms with Crippen LogP contribution in [-0.2, 0) is 17.9 Å². The van der Waals surface area contributed by atoms with E-state index < -0.39 is 5.97 Å². The maximum absolute atomic E-state index is 12.3. The van der Waals surface area contributed by atoms with Gasteiger partial charge in [-0.25, -0.2) is 9.78 Å². The summed E-state index contributed by atoms with van der Waals surface area (Å²) in [6, 6.07) is 5.53. The second kappa shape index (κ2) is 9.90. The van der Waals surface area contributed by atoms with Gasteiger partial charge >= 0.3 is 5.97 Å². The predicted octanol–water partition coefficient (Wildman–Crippen LogP) is 4.36. The number of hydrogen-bond acceptors (Lipinski definition) is 10. The highest BCUT2D eigenvalue weighted by molar-refractivity contribution is 9.11. The largest absolute Gasteiger partial charge is 0.497 e. The average molecular weight is 500 g/mol. The molecular weight excluding hydrogens is 482 g/mol. The van der Waals surface area contributed by atoms with E-state index in [9.17, 15) is 4.79 Å². The fourth-order valence-electron chi connectivity index (χ4n) is 2.43. The van der Waals surface area contributed by atoms with Gasteiger partial charge in [-0.05, 0) is 39.6 Å². The zero-order valence-corrected chi connectivity index (χ0v) is 19.1. The van der Waals surface area contributed by atoms with Crippen LogP contribution in [0.2, 0.25) is 0 Å². The first-order chi connectivity index (χ1) is 14.0. The number of nitrogens with zero attached hydrogens (tertiary/aromatic N) is 2. The fraction of sp³-hybridized carbons (Fsp3) is 0.278. The minimum absolute atomic E-state index is 0.204. The minimum atomic E-state index is -0.529. The monoisotopic (exact) mass is 499 g/mol. The van der Waals surface area contributed by atoms with Gasteiger partial charge in [-0.2, -0.15) is 4.37 Å². The molecule has 8 nitrogen and oxygen atoms in total. The molecule has 0 fully saturated rings. The van der Waals surface area contributed by atoms with Crippen LogP contribution in [0.4, 0.5) is 5.00 Å². The Morgan fingerprint density at radius 3 is 2.72 bits per heavy atom. The molecule has 0 amide bonds. The molecule has 3 aromatic rings. The van der Waals surface area contributed by atoms with E-state index in [-0.39, 0.29) is 18.1 Å². The molecule has 11 heteroatoms. The molecule has 3 rings (SSSR count). The van der Waals surface area contributed by atoms with Gasteiger partial charge in [0, 0.05) is 18.2 Å². The van der Waals surface area contributed by atoms with E-state index >= 15 is 0 Å². The number of ether oxygens (including phenoxy) is 4. The average Bonchev–Trinajstić information content (AvgIpc) is 3.35. The Bertz CT molecular complexity index is 992. The van der Waals surface area contributed by atoms with Gasteiger partial charge in [0.25, 0.3) is 0 Å². The van der Waals surface area contributed by atoms with Crippen LogP contribution in [0.15, 0.2) is 28.2 Å². The Morgan fingerprint density at radius 2 is 2.07 bits per heavy atom. The molecule has 2 aromatic heterocycles. The number of aromatic nitrogens is 2. The third kappa shape index (κ3) is 5.17. The Labute approximate surface area is 184 Å². The van der Waals surface area contributed by atoms with Gasteiger partial charge in [-0.3, -0.25) is 0 Å². The summed E-state index contributed by atoms with van der Waals surface area (Å²) in [5.41, 5.74) is 1.15. The quantitative estimate of drug-likeness (QED) is 0.434. The summed E-state index contributed by atoms with van der Waals surface area (Å²) >= 11 is 5.93. The lowest BCUT2D eigenvalue weighted by atomic mass is 10.2. The summed E-state index contributed by atoms with van der Waals surface area (Å²) in [4.78, 5) is 16.5. The Balaban J connectivity index is 1.77. The molecule has 0 aliphatic rings. The van der Waals surface area contributed by atoms with E-state index in [4.69, 9.17) is 18.9 Å². The number of carbonyl (C=O) groups is 1. The van der Waals surface area contributed by atoms with Gasteiger partial charge in [0.05, 0.1) is 31.3 Å². The van der Waals surface area contributed by atoms with Crippen molar-refractivity contribution in [2.75, 3.05) is 26.6 Å². The van der Waals surface area contributed by atoms with E-state index in [2.05, 4.69) is 30.6 Å². The molecule has 0 atom stereocenters. The number of methoxy groups -OCH3 is 3. The highest BCUT2D eigenvalue weighted by Gasteiger charge is 2.24. The van der Waals surface area contributed by atoms with E-state index in [0.29, 0.717) is 23.0 Å². The number of hydrogen-bond donors (Lipinski definition) is 1. The van der Waals surface area contributed by atoms with Gasteiger partial charge in [0.2, 0.25) is 5.88 Å². The molecule has 29 heavy (non-hydrogen) atoms. The lowest BCUT2D eigenvalue weighted by Gasteiger charge is -2.12. The van der Waals surface area contributed by atoms with Gasteiger partial charge in [0.1, 0.15) is 28.1 Å². The van der Waals surface area contributed by atoms with Crippen LogP contribution in [0.25, 0.3) is 0 Å². The number of halogens is 1. The summed E-state index contributed by atoms with van der Waals surface area (Å²) in [6.07, 6.45) is 1.70. The van der Waals surface area contributed by atoms with Crippen molar-refractivity contribution < 1.29 is 23.7 Å². The highest BCUT2D eigenvalue weighted by atomic mass is 79.9.